The van der Waals surface area contributed by atoms with Gasteiger partial charge in [0.15, 0.2) is 0 Å². The average Bonchev–Trinajstić information content (AvgIpc) is 2.95. The van der Waals surface area contributed by atoms with E-state index in [2.05, 4.69) is 25.4 Å². The van der Waals surface area contributed by atoms with Gasteiger partial charge < -0.3 is 4.84 Å². The van der Waals surface area contributed by atoms with E-state index in [4.69, 9.17) is 4.84 Å². The van der Waals surface area contributed by atoms with Crippen molar-refractivity contribution in [3.05, 3.63) is 99.1 Å². The molecule has 3 aromatic rings. The van der Waals surface area contributed by atoms with E-state index in [1.54, 1.807) is 12.1 Å². The van der Waals surface area contributed by atoms with Gasteiger partial charge in [-0.25, -0.2) is 0 Å². The summed E-state index contributed by atoms with van der Waals surface area (Å²) in [5, 5.41) is 11.3. The highest BCUT2D eigenvalue weighted by Gasteiger charge is 2.37. The number of nitrogens with one attached hydrogen (secondary N) is 1. The first-order valence-electron chi connectivity index (χ1n) is 9.70. The van der Waals surface area contributed by atoms with Crippen LogP contribution in [0.4, 0.5) is 5.69 Å². The molecule has 3 aromatic carbocycles. The van der Waals surface area contributed by atoms with Crippen LogP contribution in [0.25, 0.3) is 11.1 Å². The molecule has 4 rings (SSSR count). The zero-order chi connectivity index (χ0) is 21.5. The Labute approximate surface area is 174 Å². The number of benzene rings is 3. The number of carbonyl (C=O) groups excluding carboxylic acids is 1. The summed E-state index contributed by atoms with van der Waals surface area (Å²) < 4.78 is 0. The van der Waals surface area contributed by atoms with E-state index in [-0.39, 0.29) is 16.7 Å². The maximum atomic E-state index is 11.4. The Morgan fingerprint density at radius 2 is 1.60 bits per heavy atom. The van der Waals surface area contributed by atoms with Gasteiger partial charge in [0.25, 0.3) is 5.69 Å². The third-order valence-corrected chi connectivity index (χ3v) is 5.68. The summed E-state index contributed by atoms with van der Waals surface area (Å²) in [5.74, 6) is -0.419. The molecule has 0 aromatic heterocycles. The van der Waals surface area contributed by atoms with Crippen molar-refractivity contribution in [1.82, 2.24) is 5.48 Å². The van der Waals surface area contributed by atoms with Gasteiger partial charge in [-0.3, -0.25) is 14.9 Å². The molecule has 1 N–H and O–H groups in total. The van der Waals surface area contributed by atoms with Crippen molar-refractivity contribution in [3.63, 3.8) is 0 Å². The number of hydroxylamine groups is 1. The Kier molecular flexibility index (Phi) is 4.87. The molecule has 0 saturated carbocycles. The van der Waals surface area contributed by atoms with Gasteiger partial charge in [-0.2, -0.15) is 0 Å². The Hall–Kier alpha value is -3.51. The van der Waals surface area contributed by atoms with Crippen molar-refractivity contribution in [1.29, 1.82) is 0 Å². The molecule has 0 spiro atoms. The van der Waals surface area contributed by atoms with Crippen LogP contribution in [0.2, 0.25) is 0 Å². The molecule has 1 aliphatic rings. The summed E-state index contributed by atoms with van der Waals surface area (Å²) in [5.41, 5.74) is 8.57. The first-order chi connectivity index (χ1) is 14.3. The van der Waals surface area contributed by atoms with Crippen LogP contribution in [-0.2, 0) is 15.0 Å². The summed E-state index contributed by atoms with van der Waals surface area (Å²) in [7, 11) is 0. The number of fused-ring (bicyclic) bond motifs is 3. The van der Waals surface area contributed by atoms with Crippen LogP contribution < -0.4 is 5.48 Å². The first kappa shape index (κ1) is 19.8. The summed E-state index contributed by atoms with van der Waals surface area (Å²) >= 11 is 0. The number of non-ortho nitro benzene ring substituents is 1. The number of nitro groups is 1. The van der Waals surface area contributed by atoms with Crippen molar-refractivity contribution >= 4 is 11.7 Å². The minimum Gasteiger partial charge on any atom is -0.370 e. The molecule has 0 bridgehead atoms. The monoisotopic (exact) mass is 402 g/mol. The van der Waals surface area contributed by atoms with Gasteiger partial charge >= 0.3 is 5.97 Å². The predicted octanol–water partition coefficient (Wildman–Crippen LogP) is 5.06. The lowest BCUT2D eigenvalue weighted by atomic mass is 9.81. The summed E-state index contributed by atoms with van der Waals surface area (Å²) in [6.07, 6.45) is 0. The topological polar surface area (TPSA) is 81.5 Å². The van der Waals surface area contributed by atoms with E-state index in [0.29, 0.717) is 0 Å². The van der Waals surface area contributed by atoms with E-state index in [1.807, 2.05) is 48.5 Å². The SMILES string of the molecule is CC(=O)ONC(c1ccccc1)c1ccc2c(c1)C(C)(C)c1cc([N+](=O)[O-])ccc1-2. The summed E-state index contributed by atoms with van der Waals surface area (Å²) in [6, 6.07) is 20.6. The van der Waals surface area contributed by atoms with Crippen molar-refractivity contribution in [2.75, 3.05) is 0 Å². The molecule has 0 fully saturated rings. The number of carbonyl (C=O) groups is 1. The highest BCUT2D eigenvalue weighted by atomic mass is 16.7. The fourth-order valence-electron chi connectivity index (χ4n) is 4.15. The van der Waals surface area contributed by atoms with E-state index in [9.17, 15) is 14.9 Å². The Morgan fingerprint density at radius 3 is 2.23 bits per heavy atom. The van der Waals surface area contributed by atoms with Crippen LogP contribution in [-0.4, -0.2) is 10.9 Å². The van der Waals surface area contributed by atoms with Crippen molar-refractivity contribution in [2.45, 2.75) is 32.2 Å². The standard InChI is InChI=1S/C24H22N2O4/c1-15(27)30-25-23(16-7-5-4-6-8-16)17-9-11-19-20-12-10-18(26(28)29)14-22(20)24(2,3)21(19)13-17/h4-14,23,25H,1-3H3. The summed E-state index contributed by atoms with van der Waals surface area (Å²) in [4.78, 5) is 27.4. The van der Waals surface area contributed by atoms with Gasteiger partial charge in [0, 0.05) is 24.5 Å². The van der Waals surface area contributed by atoms with E-state index in [0.717, 1.165) is 33.4 Å². The molecule has 1 aliphatic carbocycles. The Balaban J connectivity index is 1.80. The van der Waals surface area contributed by atoms with E-state index < -0.39 is 11.4 Å². The number of rotatable bonds is 5. The number of hydrogen-bond acceptors (Lipinski definition) is 5. The minimum absolute atomic E-state index is 0.0912. The van der Waals surface area contributed by atoms with E-state index in [1.165, 1.54) is 6.92 Å². The highest BCUT2D eigenvalue weighted by Crippen LogP contribution is 2.50. The zero-order valence-electron chi connectivity index (χ0n) is 17.0. The maximum Gasteiger partial charge on any atom is 0.321 e. The number of nitro benzene ring substituents is 1. The fraction of sp³-hybridized carbons (Fsp3) is 0.208. The smallest absolute Gasteiger partial charge is 0.321 e. The van der Waals surface area contributed by atoms with Gasteiger partial charge in [0.1, 0.15) is 0 Å². The lowest BCUT2D eigenvalue weighted by Crippen LogP contribution is -2.25. The van der Waals surface area contributed by atoms with Crippen LogP contribution in [0.5, 0.6) is 0 Å². The molecule has 1 atom stereocenters. The molecular weight excluding hydrogens is 380 g/mol. The molecule has 0 heterocycles. The molecule has 0 saturated heterocycles. The second kappa shape index (κ2) is 7.39. The third kappa shape index (κ3) is 3.35. The van der Waals surface area contributed by atoms with Gasteiger partial charge in [-0.05, 0) is 39.4 Å². The quantitative estimate of drug-likeness (QED) is 0.477. The lowest BCUT2D eigenvalue weighted by Gasteiger charge is -2.24. The lowest BCUT2D eigenvalue weighted by molar-refractivity contribution is -0.384. The zero-order valence-corrected chi connectivity index (χ0v) is 17.0. The number of nitrogens with zero attached hydrogens (tertiary/aromatic N) is 1. The second-order valence-electron chi connectivity index (χ2n) is 7.97. The molecular formula is C24H22N2O4. The predicted molar refractivity (Wildman–Crippen MR) is 114 cm³/mol. The molecule has 0 amide bonds. The molecule has 6 heteroatoms. The maximum absolute atomic E-state index is 11.4. The second-order valence-corrected chi connectivity index (χ2v) is 7.97. The van der Waals surface area contributed by atoms with Crippen molar-refractivity contribution in [2.24, 2.45) is 0 Å². The first-order valence-corrected chi connectivity index (χ1v) is 9.70. The van der Waals surface area contributed by atoms with Crippen LogP contribution in [0.3, 0.4) is 0 Å². The normalized spacial score (nSPS) is 14.5. The van der Waals surface area contributed by atoms with Gasteiger partial charge in [0.2, 0.25) is 0 Å². The van der Waals surface area contributed by atoms with E-state index >= 15 is 0 Å². The minimum atomic E-state index is -0.419. The van der Waals surface area contributed by atoms with Crippen LogP contribution in [0, 0.1) is 10.1 Å². The van der Waals surface area contributed by atoms with Crippen LogP contribution >= 0.6 is 0 Å². The highest BCUT2D eigenvalue weighted by molar-refractivity contribution is 5.82. The number of hydrogen-bond donors (Lipinski definition) is 1. The molecule has 0 aliphatic heterocycles. The van der Waals surface area contributed by atoms with Crippen LogP contribution in [0.15, 0.2) is 66.7 Å². The molecule has 30 heavy (non-hydrogen) atoms. The Bertz CT molecular complexity index is 1140. The molecule has 6 nitrogen and oxygen atoms in total. The fourth-order valence-corrected chi connectivity index (χ4v) is 4.15. The van der Waals surface area contributed by atoms with Crippen molar-refractivity contribution in [3.8, 4) is 11.1 Å². The molecule has 1 unspecified atom stereocenters. The Morgan fingerprint density at radius 1 is 0.967 bits per heavy atom. The van der Waals surface area contributed by atoms with Gasteiger partial charge in [-0.1, -0.05) is 62.4 Å². The van der Waals surface area contributed by atoms with Gasteiger partial charge in [-0.15, -0.1) is 5.48 Å². The summed E-state index contributed by atoms with van der Waals surface area (Å²) in [6.45, 7) is 5.49. The largest absolute Gasteiger partial charge is 0.370 e. The van der Waals surface area contributed by atoms with Crippen LogP contribution in [0.1, 0.15) is 49.1 Å². The van der Waals surface area contributed by atoms with Gasteiger partial charge in [0.05, 0.1) is 11.0 Å². The molecule has 0 radical (unpaired) electrons. The molecule has 152 valence electrons. The van der Waals surface area contributed by atoms with Crippen molar-refractivity contribution < 1.29 is 14.6 Å². The third-order valence-electron chi connectivity index (χ3n) is 5.68. The average molecular weight is 402 g/mol.